The summed E-state index contributed by atoms with van der Waals surface area (Å²) >= 11 is 0. The Morgan fingerprint density at radius 3 is 2.43 bits per heavy atom. The largest absolute Gasteiger partial charge is 0.405 e. The van der Waals surface area contributed by atoms with E-state index in [1.54, 1.807) is 13.1 Å². The number of allylic oxidation sites excluding steroid dienone is 1. The summed E-state index contributed by atoms with van der Waals surface area (Å²) in [4.78, 5) is 3.83. The second-order valence-electron chi connectivity index (χ2n) is 1.22. The lowest BCUT2D eigenvalue weighted by Crippen LogP contribution is -1.85. The molecule has 0 fully saturated rings. The Bertz CT molecular complexity index is 92.3. The molecule has 0 heterocycles. The monoisotopic (exact) mass is 98.1 g/mol. The molecule has 0 spiro atoms. The summed E-state index contributed by atoms with van der Waals surface area (Å²) in [5, 5.41) is 0. The molecule has 0 radical (unpaired) electrons. The van der Waals surface area contributed by atoms with Crippen LogP contribution < -0.4 is 5.73 Å². The second-order valence-corrected chi connectivity index (χ2v) is 1.22. The van der Waals surface area contributed by atoms with Crippen molar-refractivity contribution in [3.05, 3.63) is 12.3 Å². The summed E-state index contributed by atoms with van der Waals surface area (Å²) in [6.45, 7) is 1.89. The predicted octanol–water partition coefficient (Wildman–Crippen LogP) is 0.550. The quantitative estimate of drug-likeness (QED) is 0.478. The van der Waals surface area contributed by atoms with Crippen LogP contribution in [0.3, 0.4) is 0 Å². The molecule has 7 heavy (non-hydrogen) atoms. The van der Waals surface area contributed by atoms with Gasteiger partial charge in [-0.25, -0.2) is 0 Å². The van der Waals surface area contributed by atoms with Crippen LogP contribution in [0.5, 0.6) is 0 Å². The van der Waals surface area contributed by atoms with Gasteiger partial charge in [0.1, 0.15) is 0 Å². The molecule has 0 aromatic heterocycles. The standard InChI is InChI=1S/C5H10N2/c1-5(7-2)3-4-6/h3-4H,6H2,1-2H3/b4-3-,7-5-. The van der Waals surface area contributed by atoms with E-state index in [9.17, 15) is 0 Å². The highest BCUT2D eigenvalue weighted by Crippen LogP contribution is 1.72. The number of hydrogen-bond donors (Lipinski definition) is 1. The van der Waals surface area contributed by atoms with Crippen LogP contribution in [-0.2, 0) is 0 Å². The fourth-order valence-corrected chi connectivity index (χ4v) is 0.214. The van der Waals surface area contributed by atoms with Gasteiger partial charge in [-0.2, -0.15) is 0 Å². The van der Waals surface area contributed by atoms with Crippen molar-refractivity contribution in [3.63, 3.8) is 0 Å². The molecule has 0 saturated carbocycles. The molecule has 0 rings (SSSR count). The molecule has 0 aromatic rings. The van der Waals surface area contributed by atoms with Gasteiger partial charge in [0.05, 0.1) is 0 Å². The number of rotatable bonds is 1. The highest BCUT2D eigenvalue weighted by Gasteiger charge is 1.71. The lowest BCUT2D eigenvalue weighted by atomic mass is 10.4. The zero-order valence-corrected chi connectivity index (χ0v) is 4.68. The van der Waals surface area contributed by atoms with Crippen LogP contribution >= 0.6 is 0 Å². The number of nitrogens with two attached hydrogens (primary N) is 1. The molecular weight excluding hydrogens is 88.1 g/mol. The molecule has 0 aliphatic carbocycles. The van der Waals surface area contributed by atoms with E-state index < -0.39 is 0 Å². The average molecular weight is 98.1 g/mol. The lowest BCUT2D eigenvalue weighted by Gasteiger charge is -1.80. The summed E-state index contributed by atoms with van der Waals surface area (Å²) in [5.41, 5.74) is 5.99. The maximum absolute atomic E-state index is 5.04. The maximum atomic E-state index is 5.04. The fourth-order valence-electron chi connectivity index (χ4n) is 0.214. The summed E-state index contributed by atoms with van der Waals surface area (Å²) in [5.74, 6) is 0. The zero-order chi connectivity index (χ0) is 5.70. The topological polar surface area (TPSA) is 38.4 Å². The minimum absolute atomic E-state index is 0.947. The maximum Gasteiger partial charge on any atom is 0.0328 e. The molecule has 2 N–H and O–H groups in total. The minimum atomic E-state index is 0.947. The molecule has 0 aliphatic rings. The average Bonchev–Trinajstić information content (AvgIpc) is 1.68. The van der Waals surface area contributed by atoms with E-state index in [0.29, 0.717) is 0 Å². The highest BCUT2D eigenvalue weighted by atomic mass is 14.7. The van der Waals surface area contributed by atoms with Crippen molar-refractivity contribution in [1.82, 2.24) is 0 Å². The molecule has 2 heteroatoms. The molecule has 40 valence electrons. The third-order valence-electron chi connectivity index (χ3n) is 0.690. The van der Waals surface area contributed by atoms with Gasteiger partial charge in [0.2, 0.25) is 0 Å². The van der Waals surface area contributed by atoms with Crippen LogP contribution in [-0.4, -0.2) is 12.8 Å². The Labute approximate surface area is 43.7 Å². The van der Waals surface area contributed by atoms with Gasteiger partial charge in [-0.05, 0) is 19.2 Å². The van der Waals surface area contributed by atoms with E-state index in [1.165, 1.54) is 6.20 Å². The van der Waals surface area contributed by atoms with Crippen molar-refractivity contribution in [3.8, 4) is 0 Å². The molecule has 0 aromatic carbocycles. The fraction of sp³-hybridized carbons (Fsp3) is 0.400. The molecule has 2 nitrogen and oxygen atoms in total. The Kier molecular flexibility index (Phi) is 3.02. The van der Waals surface area contributed by atoms with Gasteiger partial charge >= 0.3 is 0 Å². The zero-order valence-electron chi connectivity index (χ0n) is 4.68. The number of nitrogens with zero attached hydrogens (tertiary/aromatic N) is 1. The Balaban J connectivity index is 3.58. The van der Waals surface area contributed by atoms with E-state index in [1.807, 2.05) is 6.92 Å². The van der Waals surface area contributed by atoms with Crippen molar-refractivity contribution < 1.29 is 0 Å². The van der Waals surface area contributed by atoms with Crippen LogP contribution in [0.15, 0.2) is 17.3 Å². The second kappa shape index (κ2) is 3.40. The van der Waals surface area contributed by atoms with Gasteiger partial charge in [-0.3, -0.25) is 4.99 Å². The van der Waals surface area contributed by atoms with Crippen molar-refractivity contribution in [2.24, 2.45) is 10.7 Å². The SMILES string of the molecule is C/N=C(C)\C=C/N. The molecule has 0 amide bonds. The van der Waals surface area contributed by atoms with Crippen molar-refractivity contribution in [2.45, 2.75) is 6.92 Å². The third-order valence-corrected chi connectivity index (χ3v) is 0.690. The van der Waals surface area contributed by atoms with E-state index in [0.717, 1.165) is 5.71 Å². The van der Waals surface area contributed by atoms with Crippen molar-refractivity contribution >= 4 is 5.71 Å². The van der Waals surface area contributed by atoms with Crippen LogP contribution in [0.1, 0.15) is 6.92 Å². The first-order valence-electron chi connectivity index (χ1n) is 2.13. The van der Waals surface area contributed by atoms with E-state index in [2.05, 4.69) is 4.99 Å². The Morgan fingerprint density at radius 2 is 2.29 bits per heavy atom. The van der Waals surface area contributed by atoms with Gasteiger partial charge < -0.3 is 5.73 Å². The van der Waals surface area contributed by atoms with Crippen LogP contribution in [0.4, 0.5) is 0 Å². The van der Waals surface area contributed by atoms with Gasteiger partial charge in [-0.1, -0.05) is 0 Å². The summed E-state index contributed by atoms with van der Waals surface area (Å²) < 4.78 is 0. The van der Waals surface area contributed by atoms with Gasteiger partial charge in [0, 0.05) is 12.8 Å². The van der Waals surface area contributed by atoms with Crippen LogP contribution in [0.25, 0.3) is 0 Å². The normalized spacial score (nSPS) is 13.1. The summed E-state index contributed by atoms with van der Waals surface area (Å²) in [6.07, 6.45) is 3.22. The third kappa shape index (κ3) is 3.03. The van der Waals surface area contributed by atoms with E-state index >= 15 is 0 Å². The van der Waals surface area contributed by atoms with Crippen LogP contribution in [0, 0.1) is 0 Å². The van der Waals surface area contributed by atoms with E-state index in [-0.39, 0.29) is 0 Å². The molecular formula is C5H10N2. The van der Waals surface area contributed by atoms with Crippen LogP contribution in [0.2, 0.25) is 0 Å². The molecule has 0 aliphatic heterocycles. The highest BCUT2D eigenvalue weighted by molar-refractivity contribution is 5.92. The van der Waals surface area contributed by atoms with Crippen molar-refractivity contribution in [1.29, 1.82) is 0 Å². The first-order valence-corrected chi connectivity index (χ1v) is 2.13. The molecule has 0 bridgehead atoms. The van der Waals surface area contributed by atoms with E-state index in [4.69, 9.17) is 5.73 Å². The smallest absolute Gasteiger partial charge is 0.0328 e. The lowest BCUT2D eigenvalue weighted by molar-refractivity contribution is 1.43. The first kappa shape index (κ1) is 6.21. The molecule has 0 unspecified atom stereocenters. The molecule has 0 atom stereocenters. The Hall–Kier alpha value is -0.790. The molecule has 0 saturated heterocycles. The summed E-state index contributed by atoms with van der Waals surface area (Å²) in [6, 6.07) is 0. The van der Waals surface area contributed by atoms with Gasteiger partial charge in [0.15, 0.2) is 0 Å². The first-order chi connectivity index (χ1) is 3.31. The number of hydrogen-bond acceptors (Lipinski definition) is 2. The summed E-state index contributed by atoms with van der Waals surface area (Å²) in [7, 11) is 1.73. The number of aliphatic imine (C=N–C) groups is 1. The Morgan fingerprint density at radius 1 is 1.71 bits per heavy atom. The van der Waals surface area contributed by atoms with Crippen molar-refractivity contribution in [2.75, 3.05) is 7.05 Å². The minimum Gasteiger partial charge on any atom is -0.405 e. The predicted molar refractivity (Wildman–Crippen MR) is 32.4 cm³/mol. The van der Waals surface area contributed by atoms with Gasteiger partial charge in [-0.15, -0.1) is 0 Å². The van der Waals surface area contributed by atoms with Gasteiger partial charge in [0.25, 0.3) is 0 Å².